The Kier molecular flexibility index (Phi) is 2.19. The van der Waals surface area contributed by atoms with Crippen molar-refractivity contribution in [2.45, 2.75) is 0 Å². The van der Waals surface area contributed by atoms with Gasteiger partial charge in [0.05, 0.1) is 18.5 Å². The van der Waals surface area contributed by atoms with E-state index in [1.54, 1.807) is 6.08 Å². The van der Waals surface area contributed by atoms with Crippen LogP contribution in [0.4, 0.5) is 4.79 Å². The van der Waals surface area contributed by atoms with E-state index in [4.69, 9.17) is 5.11 Å². The third kappa shape index (κ3) is 1.51. The second-order valence-electron chi connectivity index (χ2n) is 4.43. The first-order valence-corrected chi connectivity index (χ1v) is 5.50. The van der Waals surface area contributed by atoms with E-state index in [9.17, 15) is 14.7 Å². The maximum atomic E-state index is 11.6. The number of aliphatic carboxylic acids is 1. The van der Waals surface area contributed by atoms with Crippen molar-refractivity contribution in [3.8, 4) is 0 Å². The molecule has 19 heavy (non-hydrogen) atoms. The fourth-order valence-corrected chi connectivity index (χ4v) is 2.34. The van der Waals surface area contributed by atoms with Crippen molar-refractivity contribution in [3.05, 3.63) is 35.6 Å². The van der Waals surface area contributed by atoms with E-state index in [0.29, 0.717) is 16.9 Å². The van der Waals surface area contributed by atoms with Crippen molar-refractivity contribution in [3.63, 3.8) is 0 Å². The molecular formula is C12H9N3O4. The molecule has 0 saturated heterocycles. The molecule has 1 amide bonds. The van der Waals surface area contributed by atoms with E-state index >= 15 is 0 Å². The zero-order valence-electron chi connectivity index (χ0n) is 9.65. The SMILES string of the molecule is O=C(O)N1C=CC2=CC3=NN=CC3=CC2(C(=O)O)C1. The summed E-state index contributed by atoms with van der Waals surface area (Å²) in [5.74, 6) is -1.10. The monoisotopic (exact) mass is 259 g/mol. The highest BCUT2D eigenvalue weighted by Crippen LogP contribution is 2.40. The minimum Gasteiger partial charge on any atom is -0.480 e. The Bertz CT molecular complexity index is 641. The maximum absolute atomic E-state index is 11.6. The minimum atomic E-state index is -1.38. The molecule has 0 fully saturated rings. The third-order valence-electron chi connectivity index (χ3n) is 3.35. The number of hydrogen-bond acceptors (Lipinski definition) is 4. The zero-order chi connectivity index (χ0) is 13.6. The van der Waals surface area contributed by atoms with Crippen molar-refractivity contribution in [2.24, 2.45) is 15.6 Å². The molecule has 3 rings (SSSR count). The fourth-order valence-electron chi connectivity index (χ4n) is 2.34. The predicted molar refractivity (Wildman–Crippen MR) is 66.0 cm³/mol. The number of amides is 1. The van der Waals surface area contributed by atoms with Crippen molar-refractivity contribution in [1.82, 2.24) is 4.90 Å². The molecule has 0 aromatic heterocycles. The highest BCUT2D eigenvalue weighted by molar-refractivity contribution is 6.25. The molecule has 96 valence electrons. The summed E-state index contributed by atoms with van der Waals surface area (Å²) in [6.45, 7) is -0.162. The molecule has 2 N–H and O–H groups in total. The molecule has 7 nitrogen and oxygen atoms in total. The van der Waals surface area contributed by atoms with Crippen molar-refractivity contribution in [2.75, 3.05) is 6.54 Å². The Morgan fingerprint density at radius 2 is 2.16 bits per heavy atom. The lowest BCUT2D eigenvalue weighted by molar-refractivity contribution is -0.144. The van der Waals surface area contributed by atoms with E-state index in [2.05, 4.69) is 10.2 Å². The number of allylic oxidation sites excluding steroid dienone is 3. The molecular weight excluding hydrogens is 250 g/mol. The highest BCUT2D eigenvalue weighted by Gasteiger charge is 2.46. The van der Waals surface area contributed by atoms with Crippen LogP contribution in [-0.4, -0.2) is 45.6 Å². The first kappa shape index (κ1) is 11.4. The van der Waals surface area contributed by atoms with Crippen molar-refractivity contribution in [1.29, 1.82) is 0 Å². The van der Waals surface area contributed by atoms with Crippen LogP contribution in [0.1, 0.15) is 0 Å². The fraction of sp³-hybridized carbons (Fsp3) is 0.167. The Hall–Kier alpha value is -2.70. The number of carboxylic acids is 1. The molecule has 3 aliphatic rings. The number of carbonyl (C=O) groups is 2. The van der Waals surface area contributed by atoms with Crippen LogP contribution in [0.3, 0.4) is 0 Å². The number of rotatable bonds is 1. The van der Waals surface area contributed by atoms with E-state index in [1.807, 2.05) is 0 Å². The molecule has 0 radical (unpaired) electrons. The Morgan fingerprint density at radius 3 is 2.84 bits per heavy atom. The van der Waals surface area contributed by atoms with Gasteiger partial charge in [-0.1, -0.05) is 6.08 Å². The van der Waals surface area contributed by atoms with Crippen LogP contribution >= 0.6 is 0 Å². The second kappa shape index (κ2) is 3.64. The molecule has 7 heteroatoms. The van der Waals surface area contributed by atoms with Crippen LogP contribution in [-0.2, 0) is 4.79 Å². The average Bonchev–Trinajstić information content (AvgIpc) is 2.81. The van der Waals surface area contributed by atoms with Gasteiger partial charge in [0.1, 0.15) is 5.41 Å². The first-order chi connectivity index (χ1) is 9.03. The summed E-state index contributed by atoms with van der Waals surface area (Å²) >= 11 is 0. The summed E-state index contributed by atoms with van der Waals surface area (Å²) in [4.78, 5) is 23.6. The van der Waals surface area contributed by atoms with Gasteiger partial charge in [0.2, 0.25) is 0 Å². The quantitative estimate of drug-likeness (QED) is 0.729. The zero-order valence-corrected chi connectivity index (χ0v) is 9.65. The van der Waals surface area contributed by atoms with Crippen LogP contribution in [0, 0.1) is 5.41 Å². The molecule has 2 aliphatic heterocycles. The van der Waals surface area contributed by atoms with Gasteiger partial charge in [-0.25, -0.2) is 4.79 Å². The van der Waals surface area contributed by atoms with Gasteiger partial charge in [0.15, 0.2) is 0 Å². The Labute approximate surface area is 107 Å². The minimum absolute atomic E-state index is 0.162. The standard InChI is InChI=1S/C12H9N3O4/c16-10(17)12-4-7-5-13-14-9(7)3-8(12)1-2-15(6-12)11(18)19/h1-5H,6H2,(H,16,17)(H,18,19). The lowest BCUT2D eigenvalue weighted by Crippen LogP contribution is -2.47. The number of hydrogen-bond donors (Lipinski definition) is 2. The van der Waals surface area contributed by atoms with Gasteiger partial charge >= 0.3 is 12.1 Å². The Morgan fingerprint density at radius 1 is 1.37 bits per heavy atom. The van der Waals surface area contributed by atoms with Gasteiger partial charge in [-0.2, -0.15) is 10.2 Å². The van der Waals surface area contributed by atoms with Gasteiger partial charge in [-0.05, 0) is 17.7 Å². The molecule has 0 aromatic rings. The van der Waals surface area contributed by atoms with E-state index < -0.39 is 17.5 Å². The molecule has 0 aromatic carbocycles. The van der Waals surface area contributed by atoms with Gasteiger partial charge in [0, 0.05) is 11.8 Å². The topological polar surface area (TPSA) is 103 Å². The molecule has 0 spiro atoms. The van der Waals surface area contributed by atoms with E-state index in [-0.39, 0.29) is 6.54 Å². The molecule has 1 unspecified atom stereocenters. The molecule has 1 atom stereocenters. The average molecular weight is 259 g/mol. The summed E-state index contributed by atoms with van der Waals surface area (Å²) in [6, 6.07) is 0. The number of carboxylic acid groups (broad SMARTS) is 2. The van der Waals surface area contributed by atoms with Crippen LogP contribution in [0.25, 0.3) is 0 Å². The van der Waals surface area contributed by atoms with Gasteiger partial charge in [-0.3, -0.25) is 9.69 Å². The largest absolute Gasteiger partial charge is 0.480 e. The van der Waals surface area contributed by atoms with Gasteiger partial charge in [-0.15, -0.1) is 0 Å². The highest BCUT2D eigenvalue weighted by atomic mass is 16.4. The summed E-state index contributed by atoms with van der Waals surface area (Å²) in [5.41, 5.74) is 0.329. The van der Waals surface area contributed by atoms with Crippen LogP contribution < -0.4 is 0 Å². The molecule has 0 saturated carbocycles. The molecule has 2 heterocycles. The van der Waals surface area contributed by atoms with Crippen molar-refractivity contribution < 1.29 is 19.8 Å². The van der Waals surface area contributed by atoms with Crippen LogP contribution in [0.15, 0.2) is 45.8 Å². The van der Waals surface area contributed by atoms with Crippen LogP contribution in [0.2, 0.25) is 0 Å². The maximum Gasteiger partial charge on any atom is 0.411 e. The third-order valence-corrected chi connectivity index (χ3v) is 3.35. The van der Waals surface area contributed by atoms with E-state index in [0.717, 1.165) is 4.90 Å². The first-order valence-electron chi connectivity index (χ1n) is 5.50. The molecule has 1 aliphatic carbocycles. The predicted octanol–water partition coefficient (Wildman–Crippen LogP) is 0.871. The lowest BCUT2D eigenvalue weighted by Gasteiger charge is -2.36. The van der Waals surface area contributed by atoms with Crippen LogP contribution in [0.5, 0.6) is 0 Å². The summed E-state index contributed by atoms with van der Waals surface area (Å²) in [7, 11) is 0. The Balaban J connectivity index is 2.15. The van der Waals surface area contributed by atoms with E-state index in [1.165, 1.54) is 24.6 Å². The normalized spacial score (nSPS) is 27.2. The lowest BCUT2D eigenvalue weighted by atomic mass is 9.72. The second-order valence-corrected chi connectivity index (χ2v) is 4.43. The van der Waals surface area contributed by atoms with Gasteiger partial charge in [0.25, 0.3) is 0 Å². The summed E-state index contributed by atoms with van der Waals surface area (Å²) in [5, 5.41) is 26.1. The summed E-state index contributed by atoms with van der Waals surface area (Å²) < 4.78 is 0. The number of fused-ring (bicyclic) bond motifs is 2. The number of nitrogens with zero attached hydrogens (tertiary/aromatic N) is 3. The van der Waals surface area contributed by atoms with Gasteiger partial charge < -0.3 is 10.2 Å². The smallest absolute Gasteiger partial charge is 0.411 e. The summed E-state index contributed by atoms with van der Waals surface area (Å²) in [6.07, 6.45) is 6.26. The van der Waals surface area contributed by atoms with Crippen molar-refractivity contribution >= 4 is 24.0 Å². The molecule has 0 bridgehead atoms.